The lowest BCUT2D eigenvalue weighted by atomic mass is 9.90. The normalized spacial score (nSPS) is 18.6. The number of aromatic nitrogens is 1. The molecule has 2 aromatic rings. The summed E-state index contributed by atoms with van der Waals surface area (Å²) in [6.07, 6.45) is 4.33. The Morgan fingerprint density at radius 2 is 2.00 bits per heavy atom. The first-order valence-electron chi connectivity index (χ1n) is 8.41. The van der Waals surface area contributed by atoms with Crippen LogP contribution in [0.3, 0.4) is 0 Å². The number of nitrogens with zero attached hydrogens (tertiary/aromatic N) is 1. The highest BCUT2D eigenvalue weighted by Crippen LogP contribution is 2.25. The molecule has 0 saturated carbocycles. The number of hydrogen-bond donors (Lipinski definition) is 4. The smallest absolute Gasteiger partial charge is 0.303 e. The fourth-order valence-corrected chi connectivity index (χ4v) is 3.13. The molecule has 152 valence electrons. The van der Waals surface area contributed by atoms with E-state index in [-0.39, 0.29) is 30.4 Å². The van der Waals surface area contributed by atoms with E-state index in [1.807, 2.05) is 18.2 Å². The lowest BCUT2D eigenvalue weighted by molar-refractivity contribution is -0.126. The van der Waals surface area contributed by atoms with Crippen LogP contribution in [0.4, 0.5) is 10.2 Å². The largest absolute Gasteiger partial charge is 0.363 e. The molecule has 0 radical (unpaired) electrons. The molecule has 4 N–H and O–H groups in total. The van der Waals surface area contributed by atoms with E-state index in [9.17, 15) is 9.18 Å². The second-order valence-corrected chi connectivity index (χ2v) is 6.40. The van der Waals surface area contributed by atoms with Gasteiger partial charge in [-0.25, -0.2) is 14.9 Å². The molecule has 1 aliphatic heterocycles. The van der Waals surface area contributed by atoms with Crippen molar-refractivity contribution in [2.75, 3.05) is 18.4 Å². The zero-order valence-electron chi connectivity index (χ0n) is 15.0. The van der Waals surface area contributed by atoms with Crippen molar-refractivity contribution in [2.45, 2.75) is 18.4 Å². The van der Waals surface area contributed by atoms with Crippen LogP contribution in [0.1, 0.15) is 17.5 Å². The van der Waals surface area contributed by atoms with Crippen molar-refractivity contribution in [1.29, 1.82) is 0 Å². The van der Waals surface area contributed by atoms with Crippen molar-refractivity contribution in [3.8, 4) is 0 Å². The van der Waals surface area contributed by atoms with Crippen LogP contribution in [0.5, 0.6) is 0 Å². The summed E-state index contributed by atoms with van der Waals surface area (Å²) in [5, 5.41) is 15.3. The first kappa shape index (κ1) is 23.8. The van der Waals surface area contributed by atoms with E-state index in [4.69, 9.17) is 5.21 Å². The molecule has 9 heteroatoms. The molecule has 1 aromatic carbocycles. The van der Waals surface area contributed by atoms with Gasteiger partial charge in [-0.05, 0) is 48.7 Å². The van der Waals surface area contributed by atoms with Crippen LogP contribution in [0.25, 0.3) is 6.08 Å². The number of hydroxylamine groups is 1. The average molecular weight is 429 g/mol. The highest BCUT2D eigenvalue weighted by Gasteiger charge is 2.34. The van der Waals surface area contributed by atoms with Crippen LogP contribution in [-0.2, 0) is 11.2 Å². The number of carbonyl (C=O) groups excluding carboxylic acids is 1. The van der Waals surface area contributed by atoms with Gasteiger partial charge in [-0.2, -0.15) is 0 Å². The van der Waals surface area contributed by atoms with Crippen LogP contribution in [0, 0.1) is 0 Å². The van der Waals surface area contributed by atoms with Crippen molar-refractivity contribution in [3.05, 3.63) is 65.6 Å². The van der Waals surface area contributed by atoms with Gasteiger partial charge in [0.2, 0.25) is 0 Å². The highest BCUT2D eigenvalue weighted by molar-refractivity contribution is 5.94. The number of rotatable bonds is 6. The van der Waals surface area contributed by atoms with E-state index in [0.29, 0.717) is 11.4 Å². The van der Waals surface area contributed by atoms with E-state index in [0.717, 1.165) is 32.0 Å². The molecular weight excluding hydrogens is 406 g/mol. The maximum Gasteiger partial charge on any atom is 0.303 e. The predicted molar refractivity (Wildman–Crippen MR) is 112 cm³/mol. The van der Waals surface area contributed by atoms with Gasteiger partial charge in [0.1, 0.15) is 5.82 Å². The lowest BCUT2D eigenvalue weighted by Gasteiger charge is -2.30. The molecule has 0 aliphatic carbocycles. The number of amides is 1. The topological polar surface area (TPSA) is 86.3 Å². The van der Waals surface area contributed by atoms with Crippen LogP contribution >= 0.6 is 24.8 Å². The van der Waals surface area contributed by atoms with Gasteiger partial charge in [0, 0.05) is 12.7 Å². The van der Waals surface area contributed by atoms with E-state index in [1.165, 1.54) is 17.2 Å². The Morgan fingerprint density at radius 3 is 2.57 bits per heavy atom. The summed E-state index contributed by atoms with van der Waals surface area (Å²) >= 11 is 0. The first-order chi connectivity index (χ1) is 12.6. The Kier molecular flexibility index (Phi) is 9.34. The van der Waals surface area contributed by atoms with Crippen molar-refractivity contribution in [2.24, 2.45) is 0 Å². The molecule has 1 fully saturated rings. The fourth-order valence-electron chi connectivity index (χ4n) is 3.13. The Morgan fingerprint density at radius 1 is 1.25 bits per heavy atom. The van der Waals surface area contributed by atoms with Gasteiger partial charge in [0.05, 0.1) is 5.54 Å². The molecule has 2 heterocycles. The van der Waals surface area contributed by atoms with Gasteiger partial charge in [0.15, 0.2) is 5.83 Å². The molecule has 1 amide bonds. The summed E-state index contributed by atoms with van der Waals surface area (Å²) in [6, 6.07) is 13.7. The van der Waals surface area contributed by atoms with Gasteiger partial charge in [-0.1, -0.05) is 30.3 Å². The van der Waals surface area contributed by atoms with Gasteiger partial charge in [0.25, 0.3) is 0 Å². The van der Waals surface area contributed by atoms with Gasteiger partial charge in [-0.3, -0.25) is 10.0 Å². The average Bonchev–Trinajstić information content (AvgIpc) is 3.11. The number of pyridine rings is 1. The third kappa shape index (κ3) is 6.17. The molecule has 1 aliphatic rings. The minimum absolute atomic E-state index is 0. The second kappa shape index (κ2) is 11.0. The standard InChI is InChI=1S/C19H21FN4O2.2ClH/c20-16(18(25)24-26)10-15-6-7-17(22-12-15)23-19(8-9-21-13-19)11-14-4-2-1-3-5-14;;/h1-7,10,12,21,26H,8-9,11,13H2,(H,22,23)(H,24,25);2*1H/b16-10-;;/t19-;;/m0../s1. The summed E-state index contributed by atoms with van der Waals surface area (Å²) in [4.78, 5) is 15.3. The number of halogens is 3. The number of benzene rings is 1. The SMILES string of the molecule is Cl.Cl.O=C(NO)/C(F)=C/c1ccc(N[C@]2(Cc3ccccc3)CCNC2)nc1. The molecule has 28 heavy (non-hydrogen) atoms. The molecular formula is C19H23Cl2FN4O2. The predicted octanol–water partition coefficient (Wildman–Crippen LogP) is 3.13. The Labute approximate surface area is 175 Å². The van der Waals surface area contributed by atoms with E-state index >= 15 is 0 Å². The zero-order chi connectivity index (χ0) is 18.4. The molecule has 1 saturated heterocycles. The molecule has 1 atom stereocenters. The monoisotopic (exact) mass is 428 g/mol. The number of hydrogen-bond acceptors (Lipinski definition) is 5. The van der Waals surface area contributed by atoms with E-state index < -0.39 is 11.7 Å². The third-order valence-corrected chi connectivity index (χ3v) is 4.42. The van der Waals surface area contributed by atoms with Crippen LogP contribution in [0.15, 0.2) is 54.5 Å². The van der Waals surface area contributed by atoms with Crippen LogP contribution in [-0.4, -0.2) is 34.7 Å². The summed E-state index contributed by atoms with van der Waals surface area (Å²) in [5.41, 5.74) is 2.80. The molecule has 6 nitrogen and oxygen atoms in total. The fraction of sp³-hybridized carbons (Fsp3) is 0.263. The molecule has 0 unspecified atom stereocenters. The van der Waals surface area contributed by atoms with E-state index in [2.05, 4.69) is 27.8 Å². The van der Waals surface area contributed by atoms with Crippen molar-refractivity contribution in [1.82, 2.24) is 15.8 Å². The van der Waals surface area contributed by atoms with Crippen LogP contribution in [0.2, 0.25) is 0 Å². The zero-order valence-corrected chi connectivity index (χ0v) is 16.7. The lowest BCUT2D eigenvalue weighted by Crippen LogP contribution is -2.43. The van der Waals surface area contributed by atoms with E-state index in [1.54, 1.807) is 12.1 Å². The molecule has 0 bridgehead atoms. The number of carbonyl (C=O) groups is 1. The van der Waals surface area contributed by atoms with Crippen molar-refractivity contribution < 1.29 is 14.4 Å². The molecule has 3 rings (SSSR count). The maximum atomic E-state index is 13.5. The molecule has 0 spiro atoms. The maximum absolute atomic E-state index is 13.5. The summed E-state index contributed by atoms with van der Waals surface area (Å²) in [5.74, 6) is -1.59. The highest BCUT2D eigenvalue weighted by atomic mass is 35.5. The minimum Gasteiger partial charge on any atom is -0.363 e. The van der Waals surface area contributed by atoms with Gasteiger partial charge < -0.3 is 10.6 Å². The Bertz CT molecular complexity index is 782. The van der Waals surface area contributed by atoms with Gasteiger partial charge >= 0.3 is 5.91 Å². The number of anilines is 1. The Balaban J connectivity index is 0.00000196. The third-order valence-electron chi connectivity index (χ3n) is 4.42. The molecule has 1 aromatic heterocycles. The van der Waals surface area contributed by atoms with Gasteiger partial charge in [-0.15, -0.1) is 24.8 Å². The quantitative estimate of drug-likeness (QED) is 0.322. The summed E-state index contributed by atoms with van der Waals surface area (Å²) in [6.45, 7) is 1.76. The summed E-state index contributed by atoms with van der Waals surface area (Å²) in [7, 11) is 0. The van der Waals surface area contributed by atoms with Crippen molar-refractivity contribution >= 4 is 42.6 Å². The minimum atomic E-state index is -1.19. The number of nitrogens with one attached hydrogen (secondary N) is 3. The Hall–Kier alpha value is -2.19. The van der Waals surface area contributed by atoms with Crippen LogP contribution < -0.4 is 16.1 Å². The summed E-state index contributed by atoms with van der Waals surface area (Å²) < 4.78 is 13.5. The van der Waals surface area contributed by atoms with Crippen molar-refractivity contribution in [3.63, 3.8) is 0 Å². The second-order valence-electron chi connectivity index (χ2n) is 6.40. The first-order valence-corrected chi connectivity index (χ1v) is 8.41.